The minimum Gasteiger partial charge on any atom is -0.455 e. The second kappa shape index (κ2) is 5.31. The van der Waals surface area contributed by atoms with E-state index in [1.54, 1.807) is 13.1 Å². The monoisotopic (exact) mass is 265 g/mol. The number of pyridine rings is 1. The smallest absolute Gasteiger partial charge is 0.153 e. The maximum atomic E-state index is 9.49. The SMILES string of the molecule is C[C@@H](O)c1ccc(Oc2cccc3cccnc23)cc1. The number of aliphatic hydroxyl groups excluding tert-OH is 1. The molecule has 1 atom stereocenters. The van der Waals surface area contributed by atoms with E-state index in [2.05, 4.69) is 4.98 Å². The first-order valence-corrected chi connectivity index (χ1v) is 6.54. The van der Waals surface area contributed by atoms with E-state index in [0.29, 0.717) is 0 Å². The lowest BCUT2D eigenvalue weighted by Crippen LogP contribution is -1.91. The summed E-state index contributed by atoms with van der Waals surface area (Å²) in [7, 11) is 0. The molecule has 0 fully saturated rings. The van der Waals surface area contributed by atoms with Gasteiger partial charge in [0.2, 0.25) is 0 Å². The fourth-order valence-corrected chi connectivity index (χ4v) is 2.10. The molecule has 0 radical (unpaired) electrons. The van der Waals surface area contributed by atoms with Crippen molar-refractivity contribution in [1.82, 2.24) is 4.98 Å². The molecule has 1 heterocycles. The number of fused-ring (bicyclic) bond motifs is 1. The van der Waals surface area contributed by atoms with Crippen LogP contribution in [0.2, 0.25) is 0 Å². The Kier molecular flexibility index (Phi) is 3.35. The number of rotatable bonds is 3. The van der Waals surface area contributed by atoms with Crippen molar-refractivity contribution in [2.45, 2.75) is 13.0 Å². The number of nitrogens with zero attached hydrogens (tertiary/aromatic N) is 1. The summed E-state index contributed by atoms with van der Waals surface area (Å²) in [6.45, 7) is 1.74. The lowest BCUT2D eigenvalue weighted by molar-refractivity contribution is 0.199. The van der Waals surface area contributed by atoms with E-state index in [1.165, 1.54) is 0 Å². The van der Waals surface area contributed by atoms with Crippen LogP contribution in [0.4, 0.5) is 0 Å². The van der Waals surface area contributed by atoms with E-state index in [0.717, 1.165) is 28.0 Å². The van der Waals surface area contributed by atoms with Gasteiger partial charge in [0.1, 0.15) is 11.3 Å². The summed E-state index contributed by atoms with van der Waals surface area (Å²) < 4.78 is 5.88. The normalized spacial score (nSPS) is 12.3. The third kappa shape index (κ3) is 2.49. The van der Waals surface area contributed by atoms with Crippen LogP contribution in [0.3, 0.4) is 0 Å². The molecule has 0 aliphatic rings. The number of hydrogen-bond donors (Lipinski definition) is 1. The van der Waals surface area contributed by atoms with Gasteiger partial charge in [-0.2, -0.15) is 0 Å². The zero-order chi connectivity index (χ0) is 13.9. The largest absolute Gasteiger partial charge is 0.455 e. The first kappa shape index (κ1) is 12.6. The molecule has 0 aliphatic heterocycles. The Hall–Kier alpha value is -2.39. The van der Waals surface area contributed by atoms with Crippen molar-refractivity contribution < 1.29 is 9.84 Å². The topological polar surface area (TPSA) is 42.4 Å². The Bertz CT molecular complexity index is 715. The molecule has 0 aliphatic carbocycles. The average molecular weight is 265 g/mol. The van der Waals surface area contributed by atoms with Gasteiger partial charge in [-0.25, -0.2) is 0 Å². The van der Waals surface area contributed by atoms with Crippen LogP contribution in [0, 0.1) is 0 Å². The number of ether oxygens (including phenoxy) is 1. The first-order chi connectivity index (χ1) is 9.74. The van der Waals surface area contributed by atoms with E-state index < -0.39 is 6.10 Å². The van der Waals surface area contributed by atoms with Crippen molar-refractivity contribution in [1.29, 1.82) is 0 Å². The highest BCUT2D eigenvalue weighted by Crippen LogP contribution is 2.28. The molecule has 0 bridgehead atoms. The number of aromatic nitrogens is 1. The number of para-hydroxylation sites is 1. The van der Waals surface area contributed by atoms with Gasteiger partial charge in [-0.3, -0.25) is 4.98 Å². The van der Waals surface area contributed by atoms with Crippen LogP contribution in [0.25, 0.3) is 10.9 Å². The standard InChI is InChI=1S/C17H15NO2/c1-12(19)13-7-9-15(10-8-13)20-16-6-2-4-14-5-3-11-18-17(14)16/h2-12,19H,1H3/t12-/m1/s1. The zero-order valence-electron chi connectivity index (χ0n) is 11.2. The Morgan fingerprint density at radius 3 is 2.50 bits per heavy atom. The minimum atomic E-state index is -0.469. The highest BCUT2D eigenvalue weighted by molar-refractivity contribution is 5.84. The van der Waals surface area contributed by atoms with Crippen molar-refractivity contribution in [2.24, 2.45) is 0 Å². The lowest BCUT2D eigenvalue weighted by Gasteiger charge is -2.09. The fourth-order valence-electron chi connectivity index (χ4n) is 2.10. The summed E-state index contributed by atoms with van der Waals surface area (Å²) in [6, 6.07) is 17.2. The van der Waals surface area contributed by atoms with Crippen LogP contribution in [0.15, 0.2) is 60.8 Å². The predicted octanol–water partition coefficient (Wildman–Crippen LogP) is 4.08. The van der Waals surface area contributed by atoms with Crippen molar-refractivity contribution >= 4 is 10.9 Å². The van der Waals surface area contributed by atoms with Crippen LogP contribution in [-0.2, 0) is 0 Å². The fraction of sp³-hybridized carbons (Fsp3) is 0.118. The Balaban J connectivity index is 1.93. The van der Waals surface area contributed by atoms with E-state index in [9.17, 15) is 5.11 Å². The maximum Gasteiger partial charge on any atom is 0.153 e. The van der Waals surface area contributed by atoms with Crippen LogP contribution in [-0.4, -0.2) is 10.1 Å². The van der Waals surface area contributed by atoms with Crippen LogP contribution >= 0.6 is 0 Å². The highest BCUT2D eigenvalue weighted by atomic mass is 16.5. The predicted molar refractivity (Wildman–Crippen MR) is 78.9 cm³/mol. The quantitative estimate of drug-likeness (QED) is 0.775. The highest BCUT2D eigenvalue weighted by Gasteiger charge is 2.05. The molecule has 3 heteroatoms. The second-order valence-corrected chi connectivity index (χ2v) is 4.68. The summed E-state index contributed by atoms with van der Waals surface area (Å²) in [5.41, 5.74) is 1.71. The van der Waals surface area contributed by atoms with Crippen LogP contribution < -0.4 is 4.74 Å². The molecular weight excluding hydrogens is 250 g/mol. The van der Waals surface area contributed by atoms with Crippen molar-refractivity contribution in [3.8, 4) is 11.5 Å². The third-order valence-electron chi connectivity index (χ3n) is 3.19. The van der Waals surface area contributed by atoms with Crippen LogP contribution in [0.1, 0.15) is 18.6 Å². The molecule has 0 saturated heterocycles. The van der Waals surface area contributed by atoms with Crippen molar-refractivity contribution in [3.63, 3.8) is 0 Å². The Labute approximate surface area is 117 Å². The van der Waals surface area contributed by atoms with E-state index in [4.69, 9.17) is 4.74 Å². The third-order valence-corrected chi connectivity index (χ3v) is 3.19. The molecule has 1 aromatic heterocycles. The summed E-state index contributed by atoms with van der Waals surface area (Å²) in [6.07, 6.45) is 1.29. The first-order valence-electron chi connectivity index (χ1n) is 6.54. The summed E-state index contributed by atoms with van der Waals surface area (Å²) >= 11 is 0. The van der Waals surface area contributed by atoms with E-state index in [1.807, 2.05) is 54.6 Å². The van der Waals surface area contributed by atoms with E-state index >= 15 is 0 Å². The molecule has 3 rings (SSSR count). The maximum absolute atomic E-state index is 9.49. The van der Waals surface area contributed by atoms with Gasteiger partial charge in [0, 0.05) is 11.6 Å². The molecule has 1 N–H and O–H groups in total. The molecule has 100 valence electrons. The van der Waals surface area contributed by atoms with E-state index in [-0.39, 0.29) is 0 Å². The molecule has 0 spiro atoms. The summed E-state index contributed by atoms with van der Waals surface area (Å²) in [5, 5.41) is 10.5. The molecule has 0 saturated carbocycles. The van der Waals surface area contributed by atoms with Crippen LogP contribution in [0.5, 0.6) is 11.5 Å². The van der Waals surface area contributed by atoms with Gasteiger partial charge in [0.25, 0.3) is 0 Å². The van der Waals surface area contributed by atoms with Gasteiger partial charge in [-0.05, 0) is 36.8 Å². The number of hydrogen-bond acceptors (Lipinski definition) is 3. The molecule has 3 nitrogen and oxygen atoms in total. The molecule has 0 amide bonds. The summed E-state index contributed by atoms with van der Waals surface area (Å²) in [4.78, 5) is 4.36. The molecular formula is C17H15NO2. The Morgan fingerprint density at radius 1 is 1.00 bits per heavy atom. The minimum absolute atomic E-state index is 0.469. The molecule has 3 aromatic rings. The molecule has 0 unspecified atom stereocenters. The van der Waals surface area contributed by atoms with Gasteiger partial charge in [0.15, 0.2) is 5.75 Å². The number of aliphatic hydroxyl groups is 1. The Morgan fingerprint density at radius 2 is 1.75 bits per heavy atom. The van der Waals surface area contributed by atoms with Gasteiger partial charge in [-0.15, -0.1) is 0 Å². The van der Waals surface area contributed by atoms with Crippen molar-refractivity contribution in [2.75, 3.05) is 0 Å². The second-order valence-electron chi connectivity index (χ2n) is 4.68. The lowest BCUT2D eigenvalue weighted by atomic mass is 10.1. The van der Waals surface area contributed by atoms with Gasteiger partial charge < -0.3 is 9.84 Å². The van der Waals surface area contributed by atoms with Gasteiger partial charge in [-0.1, -0.05) is 30.3 Å². The zero-order valence-corrected chi connectivity index (χ0v) is 11.2. The molecule has 20 heavy (non-hydrogen) atoms. The summed E-state index contributed by atoms with van der Waals surface area (Å²) in [5.74, 6) is 1.46. The van der Waals surface area contributed by atoms with Gasteiger partial charge in [0.05, 0.1) is 6.10 Å². The molecule has 2 aromatic carbocycles. The number of benzene rings is 2. The van der Waals surface area contributed by atoms with Gasteiger partial charge >= 0.3 is 0 Å². The average Bonchev–Trinajstić information content (AvgIpc) is 2.48. The van der Waals surface area contributed by atoms with Crippen molar-refractivity contribution in [3.05, 3.63) is 66.4 Å².